The highest BCUT2D eigenvalue weighted by molar-refractivity contribution is 7.99. The average Bonchev–Trinajstić information content (AvgIpc) is 2.51. The zero-order valence-corrected chi connectivity index (χ0v) is 10.7. The smallest absolute Gasteiger partial charge is 0.137 e. The van der Waals surface area contributed by atoms with Crippen LogP contribution >= 0.6 is 11.8 Å². The van der Waals surface area contributed by atoms with Crippen molar-refractivity contribution in [3.05, 3.63) is 11.4 Å². The van der Waals surface area contributed by atoms with Gasteiger partial charge in [0, 0.05) is 24.4 Å². The number of hydrogen-bond acceptors (Lipinski definition) is 5. The van der Waals surface area contributed by atoms with Crippen molar-refractivity contribution in [2.75, 3.05) is 35.2 Å². The van der Waals surface area contributed by atoms with Crippen molar-refractivity contribution in [2.45, 2.75) is 20.3 Å². The normalized spacial score (nSPS) is 17.2. The maximum absolute atomic E-state index is 5.88. The average molecular weight is 238 g/mol. The number of nitrogen functional groups attached to an aromatic ring is 1. The number of hydrogen-bond donors (Lipinski definition) is 1. The molecular weight excluding hydrogens is 220 g/mol. The summed E-state index contributed by atoms with van der Waals surface area (Å²) in [5, 5.41) is 0. The van der Waals surface area contributed by atoms with E-state index in [9.17, 15) is 0 Å². The molecule has 0 amide bonds. The summed E-state index contributed by atoms with van der Waals surface area (Å²) in [5.74, 6) is 4.80. The lowest BCUT2D eigenvalue weighted by molar-refractivity contribution is 0.790. The van der Waals surface area contributed by atoms with E-state index in [1.807, 2.05) is 25.6 Å². The highest BCUT2D eigenvalue weighted by Gasteiger charge is 2.15. The largest absolute Gasteiger partial charge is 0.383 e. The number of thioether (sulfide) groups is 1. The van der Waals surface area contributed by atoms with Gasteiger partial charge in [-0.1, -0.05) is 0 Å². The Labute approximate surface area is 101 Å². The number of nitrogens with two attached hydrogens (primary N) is 1. The van der Waals surface area contributed by atoms with Crippen LogP contribution in [-0.4, -0.2) is 34.6 Å². The number of rotatable bonds is 1. The molecule has 1 aromatic heterocycles. The summed E-state index contributed by atoms with van der Waals surface area (Å²) in [5.41, 5.74) is 6.90. The quantitative estimate of drug-likeness (QED) is 0.805. The van der Waals surface area contributed by atoms with Crippen molar-refractivity contribution in [3.8, 4) is 0 Å². The van der Waals surface area contributed by atoms with Crippen molar-refractivity contribution in [1.82, 2.24) is 9.97 Å². The summed E-state index contributed by atoms with van der Waals surface area (Å²) >= 11 is 2.01. The van der Waals surface area contributed by atoms with Crippen molar-refractivity contribution in [1.29, 1.82) is 0 Å². The second-order valence-electron chi connectivity index (χ2n) is 4.06. The Hall–Kier alpha value is -0.970. The van der Waals surface area contributed by atoms with Gasteiger partial charge in [0.2, 0.25) is 0 Å². The highest BCUT2D eigenvalue weighted by atomic mass is 32.2. The molecule has 0 unspecified atom stereocenters. The van der Waals surface area contributed by atoms with Gasteiger partial charge in [0.15, 0.2) is 0 Å². The molecule has 0 saturated carbocycles. The lowest BCUT2D eigenvalue weighted by Crippen LogP contribution is -2.28. The third kappa shape index (κ3) is 2.40. The second kappa shape index (κ2) is 4.91. The third-order valence-corrected chi connectivity index (χ3v) is 3.84. The topological polar surface area (TPSA) is 55.0 Å². The van der Waals surface area contributed by atoms with Crippen LogP contribution in [0.5, 0.6) is 0 Å². The summed E-state index contributed by atoms with van der Waals surface area (Å²) in [6, 6.07) is 0. The highest BCUT2D eigenvalue weighted by Crippen LogP contribution is 2.23. The predicted octanol–water partition coefficient (Wildman–Crippen LogP) is 1.62. The molecule has 5 heteroatoms. The van der Waals surface area contributed by atoms with E-state index in [0.29, 0.717) is 5.82 Å². The molecule has 2 rings (SSSR count). The van der Waals surface area contributed by atoms with Crippen molar-refractivity contribution < 1.29 is 0 Å². The molecule has 0 atom stereocenters. The van der Waals surface area contributed by atoms with Crippen molar-refractivity contribution >= 4 is 23.4 Å². The summed E-state index contributed by atoms with van der Waals surface area (Å²) in [4.78, 5) is 11.0. The molecule has 1 aromatic rings. The fourth-order valence-corrected chi connectivity index (χ4v) is 2.79. The molecular formula is C11H18N4S. The first-order valence-corrected chi connectivity index (χ1v) is 6.77. The van der Waals surface area contributed by atoms with Crippen LogP contribution in [0.1, 0.15) is 17.8 Å². The Morgan fingerprint density at radius 1 is 1.19 bits per heavy atom. The summed E-state index contributed by atoms with van der Waals surface area (Å²) in [7, 11) is 0. The maximum atomic E-state index is 5.88. The lowest BCUT2D eigenvalue weighted by atomic mass is 10.2. The molecule has 0 bridgehead atoms. The molecule has 0 spiro atoms. The zero-order valence-electron chi connectivity index (χ0n) is 9.86. The molecule has 16 heavy (non-hydrogen) atoms. The Kier molecular flexibility index (Phi) is 3.53. The molecule has 0 radical (unpaired) electrons. The number of aromatic nitrogens is 2. The van der Waals surface area contributed by atoms with E-state index < -0.39 is 0 Å². The van der Waals surface area contributed by atoms with Gasteiger partial charge in [-0.25, -0.2) is 9.97 Å². The molecule has 2 heterocycles. The van der Waals surface area contributed by atoms with Crippen LogP contribution in [0.2, 0.25) is 0 Å². The van der Waals surface area contributed by atoms with Crippen molar-refractivity contribution in [3.63, 3.8) is 0 Å². The van der Waals surface area contributed by atoms with Gasteiger partial charge >= 0.3 is 0 Å². The van der Waals surface area contributed by atoms with Gasteiger partial charge in [-0.05, 0) is 26.0 Å². The lowest BCUT2D eigenvalue weighted by Gasteiger charge is -2.23. The van der Waals surface area contributed by atoms with Gasteiger partial charge in [-0.2, -0.15) is 11.8 Å². The Morgan fingerprint density at radius 2 is 2.00 bits per heavy atom. The zero-order chi connectivity index (χ0) is 11.5. The standard InChI is InChI=1S/C11H18N4S/c1-8-10(12)13-9(2)14-11(8)15-4-3-6-16-7-5-15/h3-7H2,1-2H3,(H2,12,13,14). The summed E-state index contributed by atoms with van der Waals surface area (Å²) < 4.78 is 0. The molecule has 1 aliphatic rings. The number of anilines is 2. The van der Waals surface area contributed by atoms with Crippen LogP contribution in [0.4, 0.5) is 11.6 Å². The van der Waals surface area contributed by atoms with Gasteiger partial charge in [0.1, 0.15) is 17.5 Å². The first kappa shape index (κ1) is 11.5. The Bertz CT molecular complexity index is 372. The minimum Gasteiger partial charge on any atom is -0.383 e. The van der Waals surface area contributed by atoms with Gasteiger partial charge in [-0.15, -0.1) is 0 Å². The van der Waals surface area contributed by atoms with E-state index in [4.69, 9.17) is 5.73 Å². The van der Waals surface area contributed by atoms with Gasteiger partial charge in [0.25, 0.3) is 0 Å². The molecule has 0 aromatic carbocycles. The molecule has 1 aliphatic heterocycles. The van der Waals surface area contributed by atoms with E-state index in [1.54, 1.807) is 0 Å². The van der Waals surface area contributed by atoms with E-state index in [-0.39, 0.29) is 0 Å². The van der Waals surface area contributed by atoms with Gasteiger partial charge < -0.3 is 10.6 Å². The summed E-state index contributed by atoms with van der Waals surface area (Å²) in [6.07, 6.45) is 1.22. The predicted molar refractivity (Wildman–Crippen MR) is 70.1 cm³/mol. The second-order valence-corrected chi connectivity index (χ2v) is 5.28. The van der Waals surface area contributed by atoms with Crippen LogP contribution in [0.15, 0.2) is 0 Å². The van der Waals surface area contributed by atoms with E-state index in [0.717, 1.165) is 30.3 Å². The Morgan fingerprint density at radius 3 is 2.81 bits per heavy atom. The van der Waals surface area contributed by atoms with E-state index in [1.165, 1.54) is 17.9 Å². The number of aryl methyl sites for hydroxylation is 1. The fraction of sp³-hybridized carbons (Fsp3) is 0.636. The Balaban J connectivity index is 2.30. The fourth-order valence-electron chi connectivity index (χ4n) is 1.90. The maximum Gasteiger partial charge on any atom is 0.137 e. The molecule has 2 N–H and O–H groups in total. The summed E-state index contributed by atoms with van der Waals surface area (Å²) in [6.45, 7) is 6.03. The minimum absolute atomic E-state index is 0.611. The van der Waals surface area contributed by atoms with Crippen LogP contribution in [0.25, 0.3) is 0 Å². The van der Waals surface area contributed by atoms with Gasteiger partial charge in [0.05, 0.1) is 0 Å². The first-order chi connectivity index (χ1) is 7.68. The van der Waals surface area contributed by atoms with E-state index >= 15 is 0 Å². The molecule has 4 nitrogen and oxygen atoms in total. The molecule has 88 valence electrons. The van der Waals surface area contributed by atoms with E-state index in [2.05, 4.69) is 14.9 Å². The first-order valence-electron chi connectivity index (χ1n) is 5.62. The van der Waals surface area contributed by atoms with Crippen LogP contribution < -0.4 is 10.6 Å². The van der Waals surface area contributed by atoms with Crippen LogP contribution in [-0.2, 0) is 0 Å². The monoisotopic (exact) mass is 238 g/mol. The molecule has 1 fully saturated rings. The van der Waals surface area contributed by atoms with Crippen LogP contribution in [0.3, 0.4) is 0 Å². The number of nitrogens with zero attached hydrogens (tertiary/aromatic N) is 3. The molecule has 1 saturated heterocycles. The SMILES string of the molecule is Cc1nc(N)c(C)c(N2CCCSCC2)n1. The minimum atomic E-state index is 0.611. The van der Waals surface area contributed by atoms with Crippen molar-refractivity contribution in [2.24, 2.45) is 0 Å². The van der Waals surface area contributed by atoms with Crippen LogP contribution in [0, 0.1) is 13.8 Å². The molecule has 0 aliphatic carbocycles. The van der Waals surface area contributed by atoms with Gasteiger partial charge in [-0.3, -0.25) is 0 Å². The third-order valence-electron chi connectivity index (χ3n) is 2.79.